The van der Waals surface area contributed by atoms with Crippen LogP contribution in [0.1, 0.15) is 57.0 Å². The third-order valence-corrected chi connectivity index (χ3v) is 9.14. The number of aryl methyl sites for hydroxylation is 6. The quantitative estimate of drug-likeness (QED) is 0.192. The van der Waals surface area contributed by atoms with E-state index in [1.54, 1.807) is 21.4 Å². The van der Waals surface area contributed by atoms with E-state index in [0.717, 1.165) is 39.6 Å². The van der Waals surface area contributed by atoms with Crippen molar-refractivity contribution in [1.29, 1.82) is 0 Å². The van der Waals surface area contributed by atoms with Crippen LogP contribution < -0.4 is 0 Å². The van der Waals surface area contributed by atoms with Crippen molar-refractivity contribution >= 4 is 17.1 Å². The first-order chi connectivity index (χ1) is 25.2. The third kappa shape index (κ3) is 6.24. The van der Waals surface area contributed by atoms with Gasteiger partial charge in [-0.3, -0.25) is 14.8 Å². The van der Waals surface area contributed by atoms with E-state index in [9.17, 15) is 9.90 Å². The van der Waals surface area contributed by atoms with Crippen LogP contribution in [0, 0.1) is 13.8 Å². The molecule has 52 heavy (non-hydrogen) atoms. The summed E-state index contributed by atoms with van der Waals surface area (Å²) < 4.78 is 7.14. The molecular formula is C38H36N12O2. The van der Waals surface area contributed by atoms with Gasteiger partial charge >= 0.3 is 0 Å². The predicted molar refractivity (Wildman–Crippen MR) is 192 cm³/mol. The van der Waals surface area contributed by atoms with Gasteiger partial charge in [-0.1, -0.05) is 60.7 Å². The number of carbonyl (C=O) groups is 1. The average molecular weight is 693 g/mol. The van der Waals surface area contributed by atoms with Crippen molar-refractivity contribution in [3.05, 3.63) is 132 Å². The molecule has 8 rings (SSSR count). The van der Waals surface area contributed by atoms with Gasteiger partial charge in [0.25, 0.3) is 0 Å². The second kappa shape index (κ2) is 13.4. The van der Waals surface area contributed by atoms with Gasteiger partial charge in [-0.2, -0.15) is 5.10 Å². The molecule has 0 spiro atoms. The number of benzene rings is 2. The van der Waals surface area contributed by atoms with E-state index in [1.807, 2.05) is 110 Å². The zero-order valence-electron chi connectivity index (χ0n) is 29.2. The number of aromatic nitrogens is 12. The van der Waals surface area contributed by atoms with Crippen molar-refractivity contribution in [3.8, 4) is 22.5 Å². The smallest absolute Gasteiger partial charge is 0.218 e. The predicted octanol–water partition coefficient (Wildman–Crippen LogP) is 4.47. The van der Waals surface area contributed by atoms with Crippen LogP contribution in [0.25, 0.3) is 33.8 Å². The molecule has 0 aliphatic rings. The maximum absolute atomic E-state index is 13.5. The van der Waals surface area contributed by atoms with Gasteiger partial charge in [0.05, 0.1) is 40.6 Å². The lowest BCUT2D eigenvalue weighted by Crippen LogP contribution is -2.10. The zero-order valence-corrected chi connectivity index (χ0v) is 29.2. The van der Waals surface area contributed by atoms with Gasteiger partial charge in [0.15, 0.2) is 17.1 Å². The third-order valence-electron chi connectivity index (χ3n) is 9.14. The molecule has 0 radical (unpaired) electrons. The van der Waals surface area contributed by atoms with Gasteiger partial charge in [-0.05, 0) is 26.7 Å². The van der Waals surface area contributed by atoms with Crippen LogP contribution in [-0.4, -0.2) is 69.2 Å². The standard InChI is InChI=1S/C38H36N12O2/c1-23-19-40-28(37-44-35(46-49(23)37)31(51)18-34-41-29(21-47(34)3)25-11-7-5-8-12-25)16-15-27-20-39-24(2)36-43-33(45-50(27)36)17-32(52)38-42-30(22-48(38)4)26-13-9-6-10-14-26/h5-14,19-22,32,52H,15-18H2,1-4H3. The number of rotatable bonds is 11. The van der Waals surface area contributed by atoms with Gasteiger partial charge in [-0.25, -0.2) is 29.0 Å². The number of aliphatic hydroxyl groups excluding tert-OH is 1. The Balaban J connectivity index is 1.01. The highest BCUT2D eigenvalue weighted by molar-refractivity contribution is 5.94. The van der Waals surface area contributed by atoms with E-state index in [2.05, 4.69) is 20.1 Å². The molecule has 0 aliphatic carbocycles. The fraction of sp³-hybridized carbons (Fsp3) is 0.237. The lowest BCUT2D eigenvalue weighted by Gasteiger charge is -2.08. The highest BCUT2D eigenvalue weighted by atomic mass is 16.3. The summed E-state index contributed by atoms with van der Waals surface area (Å²) in [6, 6.07) is 19.7. The van der Waals surface area contributed by atoms with Gasteiger partial charge in [0.1, 0.15) is 17.8 Å². The number of nitrogens with zero attached hydrogens (tertiary/aromatic N) is 12. The first-order valence-electron chi connectivity index (χ1n) is 17.0. The molecule has 0 fully saturated rings. The van der Waals surface area contributed by atoms with Crippen LogP contribution in [-0.2, 0) is 39.8 Å². The SMILES string of the molecule is Cc1ncc(CCc2ncc(C)n3nc(C(=O)Cc4nc(-c5ccccc5)cn4C)nc23)n2nc(CC(O)c3nc(-c4ccccc4)cn3C)nc12. The number of carbonyl (C=O) groups excluding carboxylic acids is 1. The van der Waals surface area contributed by atoms with Crippen molar-refractivity contribution in [2.45, 2.75) is 45.6 Å². The Morgan fingerprint density at radius 3 is 2.17 bits per heavy atom. The van der Waals surface area contributed by atoms with Crippen LogP contribution in [0.3, 0.4) is 0 Å². The monoisotopic (exact) mass is 692 g/mol. The minimum atomic E-state index is -0.908. The molecule has 6 aromatic heterocycles. The van der Waals surface area contributed by atoms with Crippen LogP contribution in [0.15, 0.2) is 85.5 Å². The number of hydrogen-bond acceptors (Lipinski definition) is 10. The molecule has 0 aliphatic heterocycles. The Bertz CT molecular complexity index is 2570. The molecule has 14 nitrogen and oxygen atoms in total. The summed E-state index contributed by atoms with van der Waals surface area (Å²) in [7, 11) is 3.75. The van der Waals surface area contributed by atoms with E-state index in [0.29, 0.717) is 47.3 Å². The number of hydrogen-bond donors (Lipinski definition) is 1. The summed E-state index contributed by atoms with van der Waals surface area (Å²) >= 11 is 0. The molecule has 14 heteroatoms. The molecule has 1 atom stereocenters. The van der Waals surface area contributed by atoms with E-state index in [4.69, 9.17) is 20.1 Å². The number of aliphatic hydroxyl groups is 1. The van der Waals surface area contributed by atoms with E-state index in [1.165, 1.54) is 0 Å². The summed E-state index contributed by atoms with van der Waals surface area (Å²) in [5, 5.41) is 20.5. The van der Waals surface area contributed by atoms with E-state index in [-0.39, 0.29) is 24.4 Å². The molecule has 260 valence electrons. The second-order valence-corrected chi connectivity index (χ2v) is 12.9. The summed E-state index contributed by atoms with van der Waals surface area (Å²) in [5.41, 5.74) is 7.68. The summed E-state index contributed by atoms with van der Waals surface area (Å²) in [5.74, 6) is 1.53. The normalized spacial score (nSPS) is 12.2. The van der Waals surface area contributed by atoms with Crippen LogP contribution >= 0.6 is 0 Å². The summed E-state index contributed by atoms with van der Waals surface area (Å²) in [6.07, 6.45) is 7.68. The van der Waals surface area contributed by atoms with Gasteiger partial charge in [-0.15, -0.1) is 5.10 Å². The molecule has 8 aromatic rings. The molecule has 0 saturated heterocycles. The fourth-order valence-corrected chi connectivity index (χ4v) is 6.34. The molecule has 1 unspecified atom stereocenters. The molecule has 6 heterocycles. The Hall–Kier alpha value is -6.41. The van der Waals surface area contributed by atoms with Crippen LogP contribution in [0.4, 0.5) is 0 Å². The lowest BCUT2D eigenvalue weighted by atomic mass is 10.2. The Morgan fingerprint density at radius 1 is 0.750 bits per heavy atom. The van der Waals surface area contributed by atoms with Crippen molar-refractivity contribution in [1.82, 2.24) is 58.3 Å². The summed E-state index contributed by atoms with van der Waals surface area (Å²) in [6.45, 7) is 3.76. The molecule has 1 N–H and O–H groups in total. The number of Topliss-reactive ketones (excluding diaryl/α,β-unsaturated/α-hetero) is 1. The highest BCUT2D eigenvalue weighted by Gasteiger charge is 2.22. The van der Waals surface area contributed by atoms with Gasteiger partial charge < -0.3 is 14.2 Å². The van der Waals surface area contributed by atoms with Gasteiger partial charge in [0.2, 0.25) is 11.6 Å². The van der Waals surface area contributed by atoms with Crippen molar-refractivity contribution in [3.63, 3.8) is 0 Å². The maximum Gasteiger partial charge on any atom is 0.218 e. The molecule has 0 amide bonds. The van der Waals surface area contributed by atoms with Crippen LogP contribution in [0.5, 0.6) is 0 Å². The molecular weight excluding hydrogens is 656 g/mol. The second-order valence-electron chi connectivity index (χ2n) is 12.9. The fourth-order valence-electron chi connectivity index (χ4n) is 6.34. The highest BCUT2D eigenvalue weighted by Crippen LogP contribution is 2.24. The van der Waals surface area contributed by atoms with Crippen LogP contribution in [0.2, 0.25) is 0 Å². The average Bonchev–Trinajstić information content (AvgIpc) is 3.96. The Labute approximate surface area is 298 Å². The minimum Gasteiger partial charge on any atom is -0.385 e. The Morgan fingerprint density at radius 2 is 1.44 bits per heavy atom. The van der Waals surface area contributed by atoms with Crippen molar-refractivity contribution in [2.24, 2.45) is 14.1 Å². The minimum absolute atomic E-state index is 0.0622. The van der Waals surface area contributed by atoms with E-state index < -0.39 is 6.10 Å². The number of ketones is 1. The number of fused-ring (bicyclic) bond motifs is 2. The largest absolute Gasteiger partial charge is 0.385 e. The molecule has 2 aromatic carbocycles. The molecule has 0 saturated carbocycles. The topological polar surface area (TPSA) is 159 Å². The van der Waals surface area contributed by atoms with E-state index >= 15 is 0 Å². The van der Waals surface area contributed by atoms with Crippen molar-refractivity contribution in [2.75, 3.05) is 0 Å². The zero-order chi connectivity index (χ0) is 35.9. The molecule has 0 bridgehead atoms. The summed E-state index contributed by atoms with van der Waals surface area (Å²) in [4.78, 5) is 41.5. The van der Waals surface area contributed by atoms with Gasteiger partial charge in [0, 0.05) is 56.4 Å². The first-order valence-corrected chi connectivity index (χ1v) is 17.0. The lowest BCUT2D eigenvalue weighted by molar-refractivity contribution is 0.0980. The first kappa shape index (κ1) is 32.8. The van der Waals surface area contributed by atoms with Crippen molar-refractivity contribution < 1.29 is 9.90 Å². The number of imidazole rings is 2. The maximum atomic E-state index is 13.5. The Kier molecular flexibility index (Phi) is 8.43.